The van der Waals surface area contributed by atoms with Gasteiger partial charge in [0.1, 0.15) is 5.75 Å². The van der Waals surface area contributed by atoms with Crippen LogP contribution in [0.15, 0.2) is 24.3 Å². The van der Waals surface area contributed by atoms with E-state index in [0.717, 1.165) is 25.4 Å². The van der Waals surface area contributed by atoms with Gasteiger partial charge in [-0.15, -0.1) is 0 Å². The van der Waals surface area contributed by atoms with Crippen molar-refractivity contribution in [3.05, 3.63) is 29.8 Å². The van der Waals surface area contributed by atoms with E-state index in [9.17, 15) is 9.90 Å². The van der Waals surface area contributed by atoms with Gasteiger partial charge >= 0.3 is 5.97 Å². The molecule has 1 heterocycles. The Hall–Kier alpha value is -1.55. The lowest BCUT2D eigenvalue weighted by atomic mass is 9.80. The number of carbonyl (C=O) groups is 1. The summed E-state index contributed by atoms with van der Waals surface area (Å²) < 4.78 is 5.64. The number of para-hydroxylation sites is 1. The van der Waals surface area contributed by atoms with E-state index in [-0.39, 0.29) is 0 Å². The zero-order chi connectivity index (χ0) is 14.6. The van der Waals surface area contributed by atoms with Gasteiger partial charge in [0.05, 0.1) is 12.0 Å². The topological polar surface area (TPSA) is 49.8 Å². The molecule has 2 rings (SSSR count). The largest absolute Gasteiger partial charge is 0.494 e. The molecule has 0 aliphatic carbocycles. The van der Waals surface area contributed by atoms with Crippen molar-refractivity contribution in [2.75, 3.05) is 19.7 Å². The van der Waals surface area contributed by atoms with Crippen molar-refractivity contribution in [1.29, 1.82) is 0 Å². The summed E-state index contributed by atoms with van der Waals surface area (Å²) >= 11 is 0. The van der Waals surface area contributed by atoms with Crippen LogP contribution in [-0.2, 0) is 11.3 Å². The molecule has 0 amide bonds. The molecule has 1 aromatic rings. The summed E-state index contributed by atoms with van der Waals surface area (Å²) in [6.45, 7) is 6.96. The second-order valence-electron chi connectivity index (χ2n) is 5.68. The van der Waals surface area contributed by atoms with Crippen LogP contribution in [0.25, 0.3) is 0 Å². The molecule has 0 spiro atoms. The van der Waals surface area contributed by atoms with E-state index in [1.54, 1.807) is 0 Å². The molecule has 0 bridgehead atoms. The average Bonchev–Trinajstić information content (AvgIpc) is 2.44. The number of hydrogen-bond acceptors (Lipinski definition) is 3. The molecule has 20 heavy (non-hydrogen) atoms. The summed E-state index contributed by atoms with van der Waals surface area (Å²) in [6.07, 6.45) is 1.41. The van der Waals surface area contributed by atoms with E-state index in [4.69, 9.17) is 4.74 Å². The van der Waals surface area contributed by atoms with Crippen LogP contribution in [0.5, 0.6) is 5.75 Å². The summed E-state index contributed by atoms with van der Waals surface area (Å²) in [7, 11) is 0. The molecular formula is C16H23NO3. The lowest BCUT2D eigenvalue weighted by Gasteiger charge is -2.36. The Morgan fingerprint density at radius 1 is 1.35 bits per heavy atom. The van der Waals surface area contributed by atoms with Crippen molar-refractivity contribution in [3.8, 4) is 5.75 Å². The number of piperidine rings is 1. The highest BCUT2D eigenvalue weighted by molar-refractivity contribution is 5.74. The van der Waals surface area contributed by atoms with E-state index in [0.29, 0.717) is 19.4 Å². The number of carboxylic acids is 1. The predicted octanol–water partition coefficient (Wildman–Crippen LogP) is 2.77. The van der Waals surface area contributed by atoms with Crippen molar-refractivity contribution in [3.63, 3.8) is 0 Å². The molecule has 1 N–H and O–H groups in total. The van der Waals surface area contributed by atoms with Crippen molar-refractivity contribution in [2.45, 2.75) is 33.2 Å². The van der Waals surface area contributed by atoms with Crippen molar-refractivity contribution in [1.82, 2.24) is 4.90 Å². The molecule has 0 radical (unpaired) electrons. The number of nitrogens with zero attached hydrogens (tertiary/aromatic N) is 1. The van der Waals surface area contributed by atoms with Gasteiger partial charge in [-0.25, -0.2) is 0 Å². The van der Waals surface area contributed by atoms with E-state index >= 15 is 0 Å². The Bertz CT molecular complexity index is 465. The third-order valence-electron chi connectivity index (χ3n) is 4.14. The molecule has 1 aromatic carbocycles. The summed E-state index contributed by atoms with van der Waals surface area (Å²) in [5.74, 6) is 0.258. The molecular weight excluding hydrogens is 254 g/mol. The maximum absolute atomic E-state index is 11.2. The van der Waals surface area contributed by atoms with Gasteiger partial charge in [-0.3, -0.25) is 9.69 Å². The van der Waals surface area contributed by atoms with Crippen LogP contribution >= 0.6 is 0 Å². The summed E-state index contributed by atoms with van der Waals surface area (Å²) in [5.41, 5.74) is 0.615. The number of aliphatic carboxylic acids is 1. The predicted molar refractivity (Wildman–Crippen MR) is 77.9 cm³/mol. The maximum atomic E-state index is 11.2. The number of hydrogen-bond donors (Lipinski definition) is 1. The summed E-state index contributed by atoms with van der Waals surface area (Å²) in [5, 5.41) is 9.25. The van der Waals surface area contributed by atoms with Crippen LogP contribution < -0.4 is 4.74 Å². The van der Waals surface area contributed by atoms with E-state index in [1.807, 2.05) is 32.0 Å². The average molecular weight is 277 g/mol. The van der Waals surface area contributed by atoms with E-state index in [1.165, 1.54) is 5.56 Å². The number of rotatable bonds is 5. The minimum absolute atomic E-state index is 0.560. The fourth-order valence-electron chi connectivity index (χ4n) is 2.59. The minimum Gasteiger partial charge on any atom is -0.494 e. The van der Waals surface area contributed by atoms with Crippen LogP contribution in [0.2, 0.25) is 0 Å². The minimum atomic E-state index is -0.674. The van der Waals surface area contributed by atoms with Gasteiger partial charge in [-0.05, 0) is 45.8 Å². The highest BCUT2D eigenvalue weighted by atomic mass is 16.5. The molecule has 1 aliphatic rings. The van der Waals surface area contributed by atoms with Gasteiger partial charge in [0.25, 0.3) is 0 Å². The normalized spacial score (nSPS) is 18.7. The van der Waals surface area contributed by atoms with E-state index in [2.05, 4.69) is 11.0 Å². The van der Waals surface area contributed by atoms with Crippen LogP contribution in [-0.4, -0.2) is 35.7 Å². The fraction of sp³-hybridized carbons (Fsp3) is 0.562. The van der Waals surface area contributed by atoms with Crippen LogP contribution in [0.3, 0.4) is 0 Å². The van der Waals surface area contributed by atoms with Gasteiger partial charge in [-0.2, -0.15) is 0 Å². The molecule has 4 nitrogen and oxygen atoms in total. The first-order chi connectivity index (χ1) is 9.55. The molecule has 1 fully saturated rings. The van der Waals surface area contributed by atoms with Gasteiger partial charge < -0.3 is 9.84 Å². The monoisotopic (exact) mass is 277 g/mol. The van der Waals surface area contributed by atoms with Gasteiger partial charge in [-0.1, -0.05) is 18.2 Å². The lowest BCUT2D eigenvalue weighted by molar-refractivity contribution is -0.150. The molecule has 0 saturated carbocycles. The van der Waals surface area contributed by atoms with Crippen molar-refractivity contribution in [2.24, 2.45) is 5.41 Å². The first-order valence-electron chi connectivity index (χ1n) is 7.21. The summed E-state index contributed by atoms with van der Waals surface area (Å²) in [6, 6.07) is 8.06. The highest BCUT2D eigenvalue weighted by Gasteiger charge is 2.36. The molecule has 0 unspecified atom stereocenters. The van der Waals surface area contributed by atoms with Crippen molar-refractivity contribution < 1.29 is 14.6 Å². The number of likely N-dealkylation sites (tertiary alicyclic amines) is 1. The first-order valence-corrected chi connectivity index (χ1v) is 7.21. The van der Waals surface area contributed by atoms with Crippen LogP contribution in [0, 0.1) is 5.41 Å². The van der Waals surface area contributed by atoms with Crippen LogP contribution in [0.4, 0.5) is 0 Å². The standard InChI is InChI=1S/C16H23NO3/c1-3-20-14-7-5-4-6-13(14)12-17-10-8-16(2,9-11-17)15(18)19/h4-7H,3,8-12H2,1-2H3,(H,18,19). The number of ether oxygens (including phenoxy) is 1. The Labute approximate surface area is 120 Å². The quantitative estimate of drug-likeness (QED) is 0.899. The van der Waals surface area contributed by atoms with Crippen LogP contribution in [0.1, 0.15) is 32.3 Å². The highest BCUT2D eigenvalue weighted by Crippen LogP contribution is 2.32. The molecule has 4 heteroatoms. The number of carboxylic acid groups (broad SMARTS) is 1. The Kier molecular flexibility index (Phi) is 4.65. The third kappa shape index (κ3) is 3.31. The molecule has 0 aromatic heterocycles. The second-order valence-corrected chi connectivity index (χ2v) is 5.68. The lowest BCUT2D eigenvalue weighted by Crippen LogP contribution is -2.42. The molecule has 1 aliphatic heterocycles. The van der Waals surface area contributed by atoms with Crippen molar-refractivity contribution >= 4 is 5.97 Å². The van der Waals surface area contributed by atoms with Gasteiger partial charge in [0, 0.05) is 12.1 Å². The SMILES string of the molecule is CCOc1ccccc1CN1CCC(C)(C(=O)O)CC1. The number of benzene rings is 1. The Morgan fingerprint density at radius 2 is 2.00 bits per heavy atom. The van der Waals surface area contributed by atoms with E-state index < -0.39 is 11.4 Å². The summed E-state index contributed by atoms with van der Waals surface area (Å²) in [4.78, 5) is 13.5. The zero-order valence-electron chi connectivity index (χ0n) is 12.3. The maximum Gasteiger partial charge on any atom is 0.309 e. The van der Waals surface area contributed by atoms with Gasteiger partial charge in [0.15, 0.2) is 0 Å². The second kappa shape index (κ2) is 6.27. The third-order valence-corrected chi connectivity index (χ3v) is 4.14. The Morgan fingerprint density at radius 3 is 2.60 bits per heavy atom. The first kappa shape index (κ1) is 14.9. The Balaban J connectivity index is 1.98. The smallest absolute Gasteiger partial charge is 0.309 e. The zero-order valence-corrected chi connectivity index (χ0v) is 12.3. The molecule has 0 atom stereocenters. The molecule has 110 valence electrons. The molecule has 1 saturated heterocycles. The fourth-order valence-corrected chi connectivity index (χ4v) is 2.59. The van der Waals surface area contributed by atoms with Gasteiger partial charge in [0.2, 0.25) is 0 Å².